The summed E-state index contributed by atoms with van der Waals surface area (Å²) < 4.78 is 5.37. The molecular formula is C14H22N2O. The molecule has 0 aromatic carbocycles. The number of rotatable bonds is 6. The van der Waals surface area contributed by atoms with Crippen molar-refractivity contribution in [1.82, 2.24) is 10.2 Å². The molecule has 1 aromatic heterocycles. The lowest BCUT2D eigenvalue weighted by Gasteiger charge is -2.15. The van der Waals surface area contributed by atoms with Crippen molar-refractivity contribution in [3.63, 3.8) is 0 Å². The van der Waals surface area contributed by atoms with Crippen LogP contribution in [0.3, 0.4) is 0 Å². The molecule has 0 bridgehead atoms. The van der Waals surface area contributed by atoms with Gasteiger partial charge in [0.1, 0.15) is 5.76 Å². The lowest BCUT2D eigenvalue weighted by Crippen LogP contribution is -2.28. The Kier molecular flexibility index (Phi) is 3.48. The van der Waals surface area contributed by atoms with Gasteiger partial charge < -0.3 is 14.6 Å². The van der Waals surface area contributed by atoms with Crippen molar-refractivity contribution in [2.24, 2.45) is 5.92 Å². The van der Waals surface area contributed by atoms with E-state index in [1.54, 1.807) is 6.26 Å². The van der Waals surface area contributed by atoms with Crippen LogP contribution in [0.2, 0.25) is 0 Å². The smallest absolute Gasteiger partial charge is 0.105 e. The molecule has 3 nitrogen and oxygen atoms in total. The van der Waals surface area contributed by atoms with Crippen LogP contribution in [0, 0.1) is 5.92 Å². The highest BCUT2D eigenvalue weighted by Crippen LogP contribution is 2.21. The summed E-state index contributed by atoms with van der Waals surface area (Å²) in [5, 5.41) is 3.64. The molecule has 1 saturated carbocycles. The Morgan fingerprint density at radius 3 is 3.06 bits per heavy atom. The number of hydrogen-bond donors (Lipinski definition) is 1. The average Bonchev–Trinajstić information content (AvgIpc) is 2.86. The van der Waals surface area contributed by atoms with Gasteiger partial charge in [0.2, 0.25) is 0 Å². The molecule has 1 N–H and O–H groups in total. The first kappa shape index (κ1) is 11.3. The van der Waals surface area contributed by atoms with E-state index in [4.69, 9.17) is 4.42 Å². The number of furan rings is 1. The van der Waals surface area contributed by atoms with E-state index < -0.39 is 0 Å². The molecule has 2 aliphatic rings. The van der Waals surface area contributed by atoms with Gasteiger partial charge in [-0.05, 0) is 50.4 Å². The van der Waals surface area contributed by atoms with E-state index in [2.05, 4.69) is 16.3 Å². The molecule has 1 aliphatic heterocycles. The summed E-state index contributed by atoms with van der Waals surface area (Å²) in [5.74, 6) is 1.98. The first-order valence-corrected chi connectivity index (χ1v) is 6.88. The van der Waals surface area contributed by atoms with E-state index >= 15 is 0 Å². The first-order valence-electron chi connectivity index (χ1n) is 6.88. The van der Waals surface area contributed by atoms with Gasteiger partial charge >= 0.3 is 0 Å². The molecule has 1 aromatic rings. The maximum Gasteiger partial charge on any atom is 0.105 e. The summed E-state index contributed by atoms with van der Waals surface area (Å²) >= 11 is 0. The topological polar surface area (TPSA) is 28.4 Å². The van der Waals surface area contributed by atoms with E-state index in [0.29, 0.717) is 0 Å². The third kappa shape index (κ3) is 3.33. The summed E-state index contributed by atoms with van der Waals surface area (Å²) in [6.45, 7) is 4.90. The molecule has 2 fully saturated rings. The van der Waals surface area contributed by atoms with E-state index in [-0.39, 0.29) is 0 Å². The second kappa shape index (κ2) is 5.23. The largest absolute Gasteiger partial charge is 0.469 e. The van der Waals surface area contributed by atoms with Crippen molar-refractivity contribution in [3.8, 4) is 0 Å². The quantitative estimate of drug-likeness (QED) is 0.815. The van der Waals surface area contributed by atoms with Gasteiger partial charge in [-0.15, -0.1) is 0 Å². The molecule has 3 rings (SSSR count). The molecule has 2 heterocycles. The first-order chi connectivity index (χ1) is 8.40. The van der Waals surface area contributed by atoms with Crippen LogP contribution in [0.15, 0.2) is 22.8 Å². The van der Waals surface area contributed by atoms with E-state index in [1.165, 1.54) is 38.9 Å². The Bertz CT molecular complexity index is 332. The fourth-order valence-electron chi connectivity index (χ4n) is 2.63. The third-order valence-corrected chi connectivity index (χ3v) is 3.90. The summed E-state index contributed by atoms with van der Waals surface area (Å²) in [6.07, 6.45) is 6.97. The highest BCUT2D eigenvalue weighted by Gasteiger charge is 2.25. The van der Waals surface area contributed by atoms with Crippen LogP contribution in [-0.4, -0.2) is 37.1 Å². The average molecular weight is 234 g/mol. The third-order valence-electron chi connectivity index (χ3n) is 3.90. The van der Waals surface area contributed by atoms with Crippen molar-refractivity contribution < 1.29 is 4.42 Å². The van der Waals surface area contributed by atoms with Crippen LogP contribution in [0.1, 0.15) is 25.0 Å². The number of nitrogens with zero attached hydrogens (tertiary/aromatic N) is 1. The minimum atomic E-state index is 0.854. The molecule has 0 amide bonds. The zero-order valence-electron chi connectivity index (χ0n) is 10.4. The monoisotopic (exact) mass is 234 g/mol. The highest BCUT2D eigenvalue weighted by atomic mass is 16.3. The van der Waals surface area contributed by atoms with Crippen molar-refractivity contribution in [2.75, 3.05) is 26.2 Å². The van der Waals surface area contributed by atoms with Gasteiger partial charge in [-0.3, -0.25) is 0 Å². The van der Waals surface area contributed by atoms with Crippen LogP contribution in [0.25, 0.3) is 0 Å². The Morgan fingerprint density at radius 2 is 2.29 bits per heavy atom. The van der Waals surface area contributed by atoms with Crippen LogP contribution in [0.5, 0.6) is 0 Å². The predicted molar refractivity (Wildman–Crippen MR) is 68.0 cm³/mol. The normalized spacial score (nSPS) is 25.5. The Morgan fingerprint density at radius 1 is 1.35 bits per heavy atom. The van der Waals surface area contributed by atoms with Crippen molar-refractivity contribution >= 4 is 0 Å². The summed E-state index contributed by atoms with van der Waals surface area (Å²) in [4.78, 5) is 2.57. The van der Waals surface area contributed by atoms with E-state index in [9.17, 15) is 0 Å². The maximum atomic E-state index is 5.37. The zero-order chi connectivity index (χ0) is 11.5. The molecule has 94 valence electrons. The fourth-order valence-corrected chi connectivity index (χ4v) is 2.63. The molecule has 1 unspecified atom stereocenters. The fraction of sp³-hybridized carbons (Fsp3) is 0.714. The molecule has 1 saturated heterocycles. The molecule has 1 aliphatic carbocycles. The van der Waals surface area contributed by atoms with Gasteiger partial charge in [-0.25, -0.2) is 0 Å². The zero-order valence-corrected chi connectivity index (χ0v) is 10.4. The predicted octanol–water partition coefficient (Wildman–Crippen LogP) is 1.90. The van der Waals surface area contributed by atoms with Gasteiger partial charge in [0.25, 0.3) is 0 Å². The van der Waals surface area contributed by atoms with Crippen molar-refractivity contribution in [1.29, 1.82) is 0 Å². The lowest BCUT2D eigenvalue weighted by atomic mass is 10.1. The van der Waals surface area contributed by atoms with Gasteiger partial charge in [0.15, 0.2) is 0 Å². The van der Waals surface area contributed by atoms with Gasteiger partial charge in [-0.1, -0.05) is 0 Å². The van der Waals surface area contributed by atoms with E-state index in [1.807, 2.05) is 6.07 Å². The Labute approximate surface area is 103 Å². The van der Waals surface area contributed by atoms with E-state index in [0.717, 1.165) is 30.7 Å². The molecule has 3 heteroatoms. The van der Waals surface area contributed by atoms with Crippen LogP contribution >= 0.6 is 0 Å². The van der Waals surface area contributed by atoms with Crippen molar-refractivity contribution in [3.05, 3.63) is 24.2 Å². The molecule has 1 atom stereocenters. The van der Waals surface area contributed by atoms with Gasteiger partial charge in [0.05, 0.1) is 6.26 Å². The van der Waals surface area contributed by atoms with Gasteiger partial charge in [-0.2, -0.15) is 0 Å². The Balaban J connectivity index is 1.35. The minimum Gasteiger partial charge on any atom is -0.469 e. The lowest BCUT2D eigenvalue weighted by molar-refractivity contribution is 0.315. The molecule has 0 radical (unpaired) electrons. The summed E-state index contributed by atoms with van der Waals surface area (Å²) in [6, 6.07) is 4.90. The second-order valence-electron chi connectivity index (χ2n) is 5.47. The highest BCUT2D eigenvalue weighted by molar-refractivity contribution is 4.98. The number of likely N-dealkylation sites (tertiary alicyclic amines) is 1. The van der Waals surface area contributed by atoms with Crippen LogP contribution < -0.4 is 5.32 Å². The number of hydrogen-bond acceptors (Lipinski definition) is 3. The second-order valence-corrected chi connectivity index (χ2v) is 5.47. The number of nitrogens with one attached hydrogen (secondary N) is 1. The SMILES string of the molecule is c1coc(CCN2CCC(CNC3CC3)C2)c1. The van der Waals surface area contributed by atoms with Gasteiger partial charge in [0, 0.05) is 25.6 Å². The molecular weight excluding hydrogens is 212 g/mol. The van der Waals surface area contributed by atoms with Crippen molar-refractivity contribution in [2.45, 2.75) is 31.7 Å². The summed E-state index contributed by atoms with van der Waals surface area (Å²) in [7, 11) is 0. The van der Waals surface area contributed by atoms with Crippen LogP contribution in [-0.2, 0) is 6.42 Å². The molecule has 0 spiro atoms. The maximum absolute atomic E-state index is 5.37. The summed E-state index contributed by atoms with van der Waals surface area (Å²) in [5.41, 5.74) is 0. The molecule has 17 heavy (non-hydrogen) atoms. The Hall–Kier alpha value is -0.800. The standard InChI is InChI=1S/C14H22N2O/c1-2-14(17-9-1)6-8-16-7-5-12(11-16)10-15-13-3-4-13/h1-2,9,12-13,15H,3-8,10-11H2. The van der Waals surface area contributed by atoms with Crippen LogP contribution in [0.4, 0.5) is 0 Å². The minimum absolute atomic E-state index is 0.854.